The Labute approximate surface area is 193 Å². The monoisotopic (exact) mass is 440 g/mol. The molecule has 0 unspecified atom stereocenters. The number of nitrogens with zero attached hydrogens (tertiary/aromatic N) is 3. The zero-order chi connectivity index (χ0) is 23.2. The van der Waals surface area contributed by atoms with Gasteiger partial charge in [-0.2, -0.15) is 0 Å². The molecule has 0 aliphatic heterocycles. The van der Waals surface area contributed by atoms with Crippen LogP contribution in [0.4, 0.5) is 0 Å². The van der Waals surface area contributed by atoms with Gasteiger partial charge in [-0.1, -0.05) is 60.7 Å². The van der Waals surface area contributed by atoms with Crippen molar-refractivity contribution in [2.45, 2.75) is 26.1 Å². The van der Waals surface area contributed by atoms with E-state index in [4.69, 9.17) is 0 Å². The van der Waals surface area contributed by atoms with E-state index < -0.39 is 0 Å². The van der Waals surface area contributed by atoms with E-state index in [-0.39, 0.29) is 24.4 Å². The van der Waals surface area contributed by atoms with Gasteiger partial charge in [0.1, 0.15) is 0 Å². The molecule has 168 valence electrons. The minimum Gasteiger partial charge on any atom is -0.352 e. The first-order valence-electron chi connectivity index (χ1n) is 11.0. The molecule has 0 saturated carbocycles. The van der Waals surface area contributed by atoms with E-state index in [2.05, 4.69) is 59.6 Å². The summed E-state index contributed by atoms with van der Waals surface area (Å²) in [6.07, 6.45) is 1.72. The van der Waals surface area contributed by atoms with Crippen LogP contribution in [0.25, 0.3) is 22.0 Å². The lowest BCUT2D eigenvalue weighted by atomic mass is 9.98. The van der Waals surface area contributed by atoms with Gasteiger partial charge in [-0.05, 0) is 48.5 Å². The molecule has 4 aromatic rings. The smallest absolute Gasteiger partial charge is 0.261 e. The molecule has 0 aliphatic rings. The van der Waals surface area contributed by atoms with Gasteiger partial charge in [0.2, 0.25) is 5.91 Å². The lowest BCUT2D eigenvalue weighted by molar-refractivity contribution is -0.121. The van der Waals surface area contributed by atoms with Gasteiger partial charge in [0, 0.05) is 26.1 Å². The topological polar surface area (TPSA) is 67.2 Å². The number of para-hydroxylation sites is 1. The molecule has 33 heavy (non-hydrogen) atoms. The zero-order valence-corrected chi connectivity index (χ0v) is 19.0. The molecule has 0 radical (unpaired) electrons. The summed E-state index contributed by atoms with van der Waals surface area (Å²) in [5, 5.41) is 3.55. The second kappa shape index (κ2) is 10.2. The predicted molar refractivity (Wildman–Crippen MR) is 132 cm³/mol. The number of carbonyl (C=O) groups excluding carboxylic acids is 1. The molecule has 1 N–H and O–H groups in total. The third-order valence-corrected chi connectivity index (χ3v) is 5.57. The Morgan fingerprint density at radius 3 is 2.48 bits per heavy atom. The molecule has 4 rings (SSSR count). The van der Waals surface area contributed by atoms with Crippen LogP contribution < -0.4 is 10.9 Å². The summed E-state index contributed by atoms with van der Waals surface area (Å²) in [5.74, 6) is -0.105. The SMILES string of the molecule is CN(C)Cc1ccc(-c2ccccc2CNC(=O)CCn2cnc3ccccc3c2=O)cc1. The van der Waals surface area contributed by atoms with Gasteiger partial charge < -0.3 is 10.2 Å². The molecule has 1 amide bonds. The van der Waals surface area contributed by atoms with Gasteiger partial charge in [0.05, 0.1) is 17.2 Å². The van der Waals surface area contributed by atoms with Crippen LogP contribution in [0.1, 0.15) is 17.5 Å². The molecule has 0 bridgehead atoms. The number of fused-ring (bicyclic) bond motifs is 1. The van der Waals surface area contributed by atoms with E-state index in [0.29, 0.717) is 17.4 Å². The minimum absolute atomic E-state index is 0.105. The highest BCUT2D eigenvalue weighted by Gasteiger charge is 2.09. The number of nitrogens with one attached hydrogen (secondary N) is 1. The predicted octanol–water partition coefficient (Wildman–Crippen LogP) is 3.83. The second-order valence-corrected chi connectivity index (χ2v) is 8.38. The van der Waals surface area contributed by atoms with Crippen LogP contribution in [0, 0.1) is 0 Å². The second-order valence-electron chi connectivity index (χ2n) is 8.38. The minimum atomic E-state index is -0.128. The van der Waals surface area contributed by atoms with Crippen molar-refractivity contribution in [3.63, 3.8) is 0 Å². The van der Waals surface area contributed by atoms with Crippen molar-refractivity contribution in [1.82, 2.24) is 19.8 Å². The quantitative estimate of drug-likeness (QED) is 0.452. The summed E-state index contributed by atoms with van der Waals surface area (Å²) in [5.41, 5.74) is 5.06. The number of rotatable bonds is 8. The summed E-state index contributed by atoms with van der Waals surface area (Å²) in [6, 6.07) is 23.8. The molecule has 1 heterocycles. The van der Waals surface area contributed by atoms with Crippen LogP contribution in [-0.4, -0.2) is 34.5 Å². The Kier molecular flexibility index (Phi) is 6.95. The standard InChI is InChI=1S/C27H28N4O2/c1-30(2)18-20-11-13-21(14-12-20)23-8-4-3-7-22(23)17-28-26(32)15-16-31-19-29-25-10-6-5-9-24(25)27(31)33/h3-14,19H,15-18H2,1-2H3,(H,28,32). The van der Waals surface area contributed by atoms with Gasteiger partial charge in [0.25, 0.3) is 5.56 Å². The molecule has 1 aromatic heterocycles. The molecular formula is C27H28N4O2. The molecule has 0 atom stereocenters. The van der Waals surface area contributed by atoms with Gasteiger partial charge in [-0.3, -0.25) is 14.2 Å². The van der Waals surface area contributed by atoms with Crippen molar-refractivity contribution < 1.29 is 4.79 Å². The van der Waals surface area contributed by atoms with Crippen LogP contribution in [0.3, 0.4) is 0 Å². The largest absolute Gasteiger partial charge is 0.352 e. The highest BCUT2D eigenvalue weighted by Crippen LogP contribution is 2.24. The number of aryl methyl sites for hydroxylation is 1. The van der Waals surface area contributed by atoms with Gasteiger partial charge in [0.15, 0.2) is 0 Å². The van der Waals surface area contributed by atoms with E-state index in [1.54, 1.807) is 12.1 Å². The number of benzene rings is 3. The van der Waals surface area contributed by atoms with E-state index in [0.717, 1.165) is 23.2 Å². The Morgan fingerprint density at radius 2 is 1.70 bits per heavy atom. The first-order valence-corrected chi connectivity index (χ1v) is 11.0. The summed E-state index contributed by atoms with van der Waals surface area (Å²) >= 11 is 0. The highest BCUT2D eigenvalue weighted by atomic mass is 16.1. The molecule has 0 spiro atoms. The fourth-order valence-electron chi connectivity index (χ4n) is 3.88. The zero-order valence-electron chi connectivity index (χ0n) is 19.0. The third kappa shape index (κ3) is 5.54. The maximum Gasteiger partial charge on any atom is 0.261 e. The summed E-state index contributed by atoms with van der Waals surface area (Å²) in [6.45, 7) is 1.62. The van der Waals surface area contributed by atoms with Crippen molar-refractivity contribution in [2.75, 3.05) is 14.1 Å². The van der Waals surface area contributed by atoms with Gasteiger partial charge in [-0.15, -0.1) is 0 Å². The van der Waals surface area contributed by atoms with Crippen LogP contribution >= 0.6 is 0 Å². The number of hydrogen-bond acceptors (Lipinski definition) is 4. The Balaban J connectivity index is 1.39. The van der Waals surface area contributed by atoms with Gasteiger partial charge in [-0.25, -0.2) is 4.98 Å². The maximum absolute atomic E-state index is 12.6. The fourth-order valence-corrected chi connectivity index (χ4v) is 3.88. The van der Waals surface area contributed by atoms with E-state index in [1.165, 1.54) is 16.5 Å². The number of hydrogen-bond donors (Lipinski definition) is 1. The Hall–Kier alpha value is -3.77. The molecular weight excluding hydrogens is 412 g/mol. The number of carbonyl (C=O) groups is 1. The lowest BCUT2D eigenvalue weighted by Crippen LogP contribution is -2.27. The average molecular weight is 441 g/mol. The third-order valence-electron chi connectivity index (χ3n) is 5.57. The molecule has 0 fully saturated rings. The summed E-state index contributed by atoms with van der Waals surface area (Å²) in [7, 11) is 4.11. The highest BCUT2D eigenvalue weighted by molar-refractivity contribution is 5.78. The Morgan fingerprint density at radius 1 is 0.970 bits per heavy atom. The van der Waals surface area contributed by atoms with Crippen molar-refractivity contribution >= 4 is 16.8 Å². The van der Waals surface area contributed by atoms with Crippen LogP contribution in [0.15, 0.2) is 83.9 Å². The van der Waals surface area contributed by atoms with Crippen molar-refractivity contribution in [3.8, 4) is 11.1 Å². The summed E-state index contributed by atoms with van der Waals surface area (Å²) < 4.78 is 1.49. The molecule has 6 heteroatoms. The molecule has 0 saturated heterocycles. The average Bonchev–Trinajstić information content (AvgIpc) is 2.83. The molecule has 3 aromatic carbocycles. The summed E-state index contributed by atoms with van der Waals surface area (Å²) in [4.78, 5) is 31.6. The van der Waals surface area contributed by atoms with E-state index in [1.807, 2.05) is 30.3 Å². The van der Waals surface area contributed by atoms with Crippen LogP contribution in [0.5, 0.6) is 0 Å². The van der Waals surface area contributed by atoms with Crippen molar-refractivity contribution in [1.29, 1.82) is 0 Å². The van der Waals surface area contributed by atoms with E-state index >= 15 is 0 Å². The Bertz CT molecular complexity index is 1310. The van der Waals surface area contributed by atoms with Crippen molar-refractivity contribution in [3.05, 3.63) is 101 Å². The van der Waals surface area contributed by atoms with Crippen LogP contribution in [-0.2, 0) is 24.4 Å². The number of amides is 1. The molecule has 0 aliphatic carbocycles. The number of aromatic nitrogens is 2. The molecule has 6 nitrogen and oxygen atoms in total. The van der Waals surface area contributed by atoms with Crippen LogP contribution in [0.2, 0.25) is 0 Å². The normalized spacial score (nSPS) is 11.1. The first kappa shape index (κ1) is 22.4. The fraction of sp³-hybridized carbons (Fsp3) is 0.222. The first-order chi connectivity index (χ1) is 16.0. The van der Waals surface area contributed by atoms with E-state index in [9.17, 15) is 9.59 Å². The van der Waals surface area contributed by atoms with Crippen molar-refractivity contribution in [2.24, 2.45) is 0 Å². The maximum atomic E-state index is 12.6. The lowest BCUT2D eigenvalue weighted by Gasteiger charge is -2.13. The van der Waals surface area contributed by atoms with Gasteiger partial charge >= 0.3 is 0 Å².